The van der Waals surface area contributed by atoms with Gasteiger partial charge in [-0.1, -0.05) is 32.1 Å². The molecule has 4 unspecified atom stereocenters. The molecule has 3 rings (SSSR count). The van der Waals surface area contributed by atoms with Crippen molar-refractivity contribution in [1.82, 2.24) is 0 Å². The zero-order chi connectivity index (χ0) is 13.3. The normalized spacial score (nSPS) is 44.2. The Bertz CT molecular complexity index is 298. The first-order valence-electron chi connectivity index (χ1n) is 8.47. The highest BCUT2D eigenvalue weighted by Gasteiger charge is 2.45. The summed E-state index contributed by atoms with van der Waals surface area (Å²) in [4.78, 5) is 0. The minimum atomic E-state index is -0.241. The molecule has 1 N–H and O–H groups in total. The van der Waals surface area contributed by atoms with Gasteiger partial charge in [0.05, 0.1) is 18.3 Å². The fraction of sp³-hybridized carbons (Fsp3) is 1.00. The van der Waals surface area contributed by atoms with E-state index in [4.69, 9.17) is 4.74 Å². The zero-order valence-corrected chi connectivity index (χ0v) is 12.4. The van der Waals surface area contributed by atoms with Gasteiger partial charge in [0.1, 0.15) is 0 Å². The van der Waals surface area contributed by atoms with Gasteiger partial charge in [-0.3, -0.25) is 0 Å². The maximum Gasteiger partial charge on any atom is 0.0891 e. The number of aliphatic hydroxyl groups is 1. The summed E-state index contributed by atoms with van der Waals surface area (Å²) in [5, 5.41) is 9.47. The van der Waals surface area contributed by atoms with E-state index in [1.54, 1.807) is 0 Å². The number of hydrogen-bond donors (Lipinski definition) is 1. The van der Waals surface area contributed by atoms with E-state index < -0.39 is 0 Å². The second-order valence-corrected chi connectivity index (χ2v) is 7.65. The van der Waals surface area contributed by atoms with Crippen molar-refractivity contribution < 1.29 is 9.84 Å². The van der Waals surface area contributed by atoms with E-state index in [1.807, 2.05) is 0 Å². The van der Waals surface area contributed by atoms with E-state index in [0.717, 1.165) is 24.2 Å². The average Bonchev–Trinajstić information content (AvgIpc) is 2.76. The van der Waals surface area contributed by atoms with Gasteiger partial charge in [0, 0.05) is 0 Å². The van der Waals surface area contributed by atoms with E-state index >= 15 is 0 Å². The summed E-state index contributed by atoms with van der Waals surface area (Å²) >= 11 is 0. The van der Waals surface area contributed by atoms with Crippen molar-refractivity contribution in [2.75, 3.05) is 6.61 Å². The largest absolute Gasteiger partial charge is 0.393 e. The van der Waals surface area contributed by atoms with Crippen LogP contribution in [0.5, 0.6) is 0 Å². The number of ether oxygens (including phenoxy) is 1. The minimum Gasteiger partial charge on any atom is -0.393 e. The molecule has 0 aromatic rings. The highest BCUT2D eigenvalue weighted by atomic mass is 16.5. The second-order valence-electron chi connectivity index (χ2n) is 7.65. The molecule has 4 atom stereocenters. The van der Waals surface area contributed by atoms with Crippen molar-refractivity contribution in [2.45, 2.75) is 82.8 Å². The van der Waals surface area contributed by atoms with E-state index in [9.17, 15) is 5.11 Å². The van der Waals surface area contributed by atoms with Gasteiger partial charge < -0.3 is 9.84 Å². The summed E-state index contributed by atoms with van der Waals surface area (Å²) < 4.78 is 6.09. The summed E-state index contributed by atoms with van der Waals surface area (Å²) in [6.45, 7) is 2.27. The summed E-state index contributed by atoms with van der Waals surface area (Å²) in [7, 11) is 0. The molecule has 0 spiro atoms. The highest BCUT2D eigenvalue weighted by Crippen LogP contribution is 2.46. The van der Waals surface area contributed by atoms with E-state index in [2.05, 4.69) is 6.92 Å². The molecule has 2 heteroatoms. The molecule has 0 amide bonds. The van der Waals surface area contributed by atoms with E-state index in [0.29, 0.717) is 6.10 Å². The lowest BCUT2D eigenvalue weighted by atomic mass is 9.72. The molecule has 0 aromatic heterocycles. The van der Waals surface area contributed by atoms with Crippen LogP contribution in [0.15, 0.2) is 0 Å². The molecule has 2 aliphatic carbocycles. The van der Waals surface area contributed by atoms with Crippen LogP contribution in [0.4, 0.5) is 0 Å². The monoisotopic (exact) mass is 266 g/mol. The Hall–Kier alpha value is -0.0800. The molecule has 19 heavy (non-hydrogen) atoms. The van der Waals surface area contributed by atoms with Crippen LogP contribution in [-0.4, -0.2) is 23.4 Å². The molecule has 3 fully saturated rings. The first-order chi connectivity index (χ1) is 9.18. The second kappa shape index (κ2) is 5.73. The molecule has 3 aliphatic rings. The fourth-order valence-electron chi connectivity index (χ4n) is 4.88. The predicted molar refractivity (Wildman–Crippen MR) is 77.0 cm³/mol. The van der Waals surface area contributed by atoms with Crippen LogP contribution in [0.1, 0.15) is 71.1 Å². The molecular weight excluding hydrogens is 236 g/mol. The van der Waals surface area contributed by atoms with Crippen LogP contribution in [0.3, 0.4) is 0 Å². The lowest BCUT2D eigenvalue weighted by Crippen LogP contribution is -2.30. The van der Waals surface area contributed by atoms with Crippen LogP contribution in [0.2, 0.25) is 0 Å². The summed E-state index contributed by atoms with van der Waals surface area (Å²) in [6, 6.07) is 0. The Morgan fingerprint density at radius 1 is 1.05 bits per heavy atom. The number of rotatable bonds is 3. The van der Waals surface area contributed by atoms with Crippen molar-refractivity contribution in [3.05, 3.63) is 0 Å². The number of aliphatic hydroxyl groups excluding tert-OH is 1. The van der Waals surface area contributed by atoms with Crippen molar-refractivity contribution in [3.8, 4) is 0 Å². The Kier molecular flexibility index (Phi) is 4.19. The molecule has 110 valence electrons. The topological polar surface area (TPSA) is 29.5 Å². The lowest BCUT2D eigenvalue weighted by molar-refractivity contribution is -0.0726. The summed E-state index contributed by atoms with van der Waals surface area (Å²) in [5.41, 5.74) is -0.241. The maximum atomic E-state index is 9.47. The summed E-state index contributed by atoms with van der Waals surface area (Å²) in [5.74, 6) is 2.68. The van der Waals surface area contributed by atoms with Crippen molar-refractivity contribution in [1.29, 1.82) is 0 Å². The lowest BCUT2D eigenvalue weighted by Gasteiger charge is -2.34. The Morgan fingerprint density at radius 3 is 2.58 bits per heavy atom. The number of fused-ring (bicyclic) bond motifs is 1. The highest BCUT2D eigenvalue weighted by molar-refractivity contribution is 4.94. The van der Waals surface area contributed by atoms with Gasteiger partial charge in [-0.05, 0) is 56.8 Å². The van der Waals surface area contributed by atoms with Gasteiger partial charge in [0.2, 0.25) is 0 Å². The Balaban J connectivity index is 1.51. The fourth-order valence-corrected chi connectivity index (χ4v) is 4.88. The predicted octanol–water partition coefficient (Wildman–Crippen LogP) is 3.91. The molecule has 0 radical (unpaired) electrons. The average molecular weight is 266 g/mol. The smallest absolute Gasteiger partial charge is 0.0891 e. The molecule has 1 aliphatic heterocycles. The minimum absolute atomic E-state index is 0.188. The standard InChI is InChI=1S/C17H30O2/c1-17(12-18)11-15-10-14(7-8-16(15)19-17)9-13-5-3-2-4-6-13/h13-16,18H,2-12H2,1H3. The van der Waals surface area contributed by atoms with Crippen LogP contribution >= 0.6 is 0 Å². The van der Waals surface area contributed by atoms with Gasteiger partial charge in [-0.25, -0.2) is 0 Å². The molecular formula is C17H30O2. The van der Waals surface area contributed by atoms with E-state index in [-0.39, 0.29) is 12.2 Å². The van der Waals surface area contributed by atoms with Crippen LogP contribution in [-0.2, 0) is 4.74 Å². The zero-order valence-electron chi connectivity index (χ0n) is 12.4. The van der Waals surface area contributed by atoms with Gasteiger partial charge >= 0.3 is 0 Å². The molecule has 2 nitrogen and oxygen atoms in total. The van der Waals surface area contributed by atoms with Gasteiger partial charge in [0.25, 0.3) is 0 Å². The molecule has 2 saturated carbocycles. The SMILES string of the molecule is CC1(CO)CC2CC(CC3CCCCC3)CCC2O1. The molecule has 0 aromatic carbocycles. The van der Waals surface area contributed by atoms with E-state index in [1.165, 1.54) is 57.8 Å². The molecule has 1 saturated heterocycles. The van der Waals surface area contributed by atoms with Crippen molar-refractivity contribution >= 4 is 0 Å². The third kappa shape index (κ3) is 3.16. The van der Waals surface area contributed by atoms with Gasteiger partial charge in [0.15, 0.2) is 0 Å². The van der Waals surface area contributed by atoms with Crippen LogP contribution in [0, 0.1) is 17.8 Å². The Labute approximate surface area is 117 Å². The third-order valence-electron chi connectivity index (χ3n) is 5.88. The Morgan fingerprint density at radius 2 is 1.84 bits per heavy atom. The van der Waals surface area contributed by atoms with Gasteiger partial charge in [-0.15, -0.1) is 0 Å². The quantitative estimate of drug-likeness (QED) is 0.839. The summed E-state index contributed by atoms with van der Waals surface area (Å²) in [6.07, 6.45) is 14.3. The van der Waals surface area contributed by atoms with Gasteiger partial charge in [-0.2, -0.15) is 0 Å². The number of hydrogen-bond acceptors (Lipinski definition) is 2. The third-order valence-corrected chi connectivity index (χ3v) is 5.88. The van der Waals surface area contributed by atoms with Crippen molar-refractivity contribution in [2.24, 2.45) is 17.8 Å². The molecule has 1 heterocycles. The maximum absolute atomic E-state index is 9.47. The molecule has 0 bridgehead atoms. The van der Waals surface area contributed by atoms with Crippen molar-refractivity contribution in [3.63, 3.8) is 0 Å². The first kappa shape index (κ1) is 13.9. The van der Waals surface area contributed by atoms with Crippen LogP contribution in [0.25, 0.3) is 0 Å². The first-order valence-corrected chi connectivity index (χ1v) is 8.47. The van der Waals surface area contributed by atoms with Crippen LogP contribution < -0.4 is 0 Å².